The van der Waals surface area contributed by atoms with Crippen LogP contribution in [0.4, 0.5) is 0 Å². The SMILES string of the molecule is CC(C)CC(C)(CC(C(=O)OCCSSc1ccccn1)C(C)C)C(=O)OCCO. The van der Waals surface area contributed by atoms with Crippen molar-refractivity contribution in [1.29, 1.82) is 0 Å². The molecule has 170 valence electrons. The molecule has 2 atom stereocenters. The molecule has 1 aromatic heterocycles. The average Bonchev–Trinajstić information content (AvgIpc) is 2.69. The number of aliphatic hydroxyl groups excluding tert-OH is 1. The van der Waals surface area contributed by atoms with Gasteiger partial charge in [-0.05, 0) is 54.5 Å². The molecule has 0 aliphatic rings. The monoisotopic (exact) mass is 457 g/mol. The van der Waals surface area contributed by atoms with Crippen molar-refractivity contribution < 1.29 is 24.2 Å². The van der Waals surface area contributed by atoms with Crippen molar-refractivity contribution >= 4 is 33.5 Å². The van der Waals surface area contributed by atoms with E-state index in [2.05, 4.69) is 4.98 Å². The highest BCUT2D eigenvalue weighted by molar-refractivity contribution is 8.76. The number of hydrogen-bond donors (Lipinski definition) is 1. The molecule has 0 bridgehead atoms. The quantitative estimate of drug-likeness (QED) is 0.246. The summed E-state index contributed by atoms with van der Waals surface area (Å²) >= 11 is 0. The number of aromatic nitrogens is 1. The maximum atomic E-state index is 12.8. The molecule has 0 saturated carbocycles. The lowest BCUT2D eigenvalue weighted by Gasteiger charge is -2.33. The van der Waals surface area contributed by atoms with Crippen LogP contribution in [0.15, 0.2) is 29.4 Å². The van der Waals surface area contributed by atoms with E-state index >= 15 is 0 Å². The van der Waals surface area contributed by atoms with Crippen molar-refractivity contribution in [2.45, 2.75) is 52.5 Å². The summed E-state index contributed by atoms with van der Waals surface area (Å²) < 4.78 is 10.7. The first kappa shape index (κ1) is 26.8. The van der Waals surface area contributed by atoms with Gasteiger partial charge in [0, 0.05) is 11.9 Å². The molecule has 0 fully saturated rings. The Labute approximate surface area is 188 Å². The second-order valence-corrected chi connectivity index (χ2v) is 10.7. The summed E-state index contributed by atoms with van der Waals surface area (Å²) in [6.07, 6.45) is 2.71. The predicted octanol–water partition coefficient (Wildman–Crippen LogP) is 4.62. The third kappa shape index (κ3) is 9.71. The number of ether oxygens (including phenoxy) is 2. The number of esters is 2. The van der Waals surface area contributed by atoms with Crippen LogP contribution in [0.5, 0.6) is 0 Å². The van der Waals surface area contributed by atoms with Crippen molar-refractivity contribution in [3.63, 3.8) is 0 Å². The minimum atomic E-state index is -0.805. The average molecular weight is 458 g/mol. The second kappa shape index (κ2) is 13.9. The lowest BCUT2D eigenvalue weighted by atomic mass is 9.72. The largest absolute Gasteiger partial charge is 0.465 e. The Balaban J connectivity index is 2.63. The highest BCUT2D eigenvalue weighted by Crippen LogP contribution is 2.37. The number of carbonyl (C=O) groups is 2. The maximum absolute atomic E-state index is 12.8. The minimum Gasteiger partial charge on any atom is -0.465 e. The molecular formula is C22H35NO5S2. The summed E-state index contributed by atoms with van der Waals surface area (Å²) in [6.45, 7) is 9.91. The fraction of sp³-hybridized carbons (Fsp3) is 0.682. The van der Waals surface area contributed by atoms with Crippen molar-refractivity contribution in [2.24, 2.45) is 23.2 Å². The van der Waals surface area contributed by atoms with Crippen molar-refractivity contribution in [3.05, 3.63) is 24.4 Å². The number of nitrogens with zero attached hydrogens (tertiary/aromatic N) is 1. The van der Waals surface area contributed by atoms with Gasteiger partial charge in [-0.1, -0.05) is 44.6 Å². The number of carbonyl (C=O) groups excluding carboxylic acids is 2. The van der Waals surface area contributed by atoms with Crippen LogP contribution in [0.3, 0.4) is 0 Å². The molecule has 6 nitrogen and oxygen atoms in total. The third-order valence-electron chi connectivity index (χ3n) is 4.65. The zero-order valence-corrected chi connectivity index (χ0v) is 20.3. The molecule has 0 radical (unpaired) electrons. The lowest BCUT2D eigenvalue weighted by Crippen LogP contribution is -2.38. The Morgan fingerprint density at radius 2 is 1.87 bits per heavy atom. The maximum Gasteiger partial charge on any atom is 0.311 e. The van der Waals surface area contributed by atoms with Crippen LogP contribution in [-0.4, -0.2) is 47.6 Å². The summed E-state index contributed by atoms with van der Waals surface area (Å²) in [7, 11) is 3.13. The molecule has 1 N–H and O–H groups in total. The minimum absolute atomic E-state index is 0.0326. The van der Waals surface area contributed by atoms with Gasteiger partial charge in [-0.25, -0.2) is 4.98 Å². The van der Waals surface area contributed by atoms with E-state index in [1.165, 1.54) is 0 Å². The van der Waals surface area contributed by atoms with Gasteiger partial charge in [-0.2, -0.15) is 0 Å². The third-order valence-corrected chi connectivity index (χ3v) is 6.88. The molecule has 8 heteroatoms. The Kier molecular flexibility index (Phi) is 12.4. The standard InChI is InChI=1S/C22H35NO5S2/c1-16(2)14-22(5,21(26)28-11-10-24)15-18(17(3)4)20(25)27-12-13-29-30-19-8-6-7-9-23-19/h6-9,16-18,24H,10-15H2,1-5H3. The fourth-order valence-corrected chi connectivity index (χ4v) is 5.03. The summed E-state index contributed by atoms with van der Waals surface area (Å²) in [5, 5.41) is 9.89. The number of hydrogen-bond acceptors (Lipinski definition) is 8. The summed E-state index contributed by atoms with van der Waals surface area (Å²) in [5.41, 5.74) is -0.805. The Morgan fingerprint density at radius 3 is 2.43 bits per heavy atom. The Bertz CT molecular complexity index is 642. The van der Waals surface area contributed by atoms with Gasteiger partial charge < -0.3 is 14.6 Å². The van der Waals surface area contributed by atoms with Crippen LogP contribution in [-0.2, 0) is 19.1 Å². The first-order chi connectivity index (χ1) is 14.2. The van der Waals surface area contributed by atoms with E-state index in [0.29, 0.717) is 25.2 Å². The van der Waals surface area contributed by atoms with Crippen LogP contribution >= 0.6 is 21.6 Å². The van der Waals surface area contributed by atoms with Crippen molar-refractivity contribution in [1.82, 2.24) is 4.98 Å². The smallest absolute Gasteiger partial charge is 0.311 e. The molecular weight excluding hydrogens is 422 g/mol. The molecule has 30 heavy (non-hydrogen) atoms. The first-order valence-corrected chi connectivity index (χ1v) is 12.7. The molecule has 0 aromatic carbocycles. The molecule has 0 aliphatic carbocycles. The van der Waals surface area contributed by atoms with E-state index in [1.54, 1.807) is 27.8 Å². The van der Waals surface area contributed by atoms with Crippen LogP contribution in [0, 0.1) is 23.2 Å². The van der Waals surface area contributed by atoms with Crippen molar-refractivity contribution in [2.75, 3.05) is 25.6 Å². The lowest BCUT2D eigenvalue weighted by molar-refractivity contribution is -0.161. The number of rotatable bonds is 14. The zero-order chi connectivity index (χ0) is 22.6. The number of aliphatic hydroxyl groups is 1. The molecule has 1 heterocycles. The van der Waals surface area contributed by atoms with Crippen molar-refractivity contribution in [3.8, 4) is 0 Å². The van der Waals surface area contributed by atoms with Gasteiger partial charge in [-0.3, -0.25) is 9.59 Å². The fourth-order valence-electron chi connectivity index (χ4n) is 3.32. The second-order valence-electron chi connectivity index (χ2n) is 8.31. The summed E-state index contributed by atoms with van der Waals surface area (Å²) in [4.78, 5) is 29.7. The molecule has 1 rings (SSSR count). The van der Waals surface area contributed by atoms with Crippen LogP contribution < -0.4 is 0 Å². The van der Waals surface area contributed by atoms with Gasteiger partial charge in [0.15, 0.2) is 0 Å². The molecule has 0 aliphatic heterocycles. The molecule has 0 amide bonds. The normalized spacial score (nSPS) is 14.4. The highest BCUT2D eigenvalue weighted by Gasteiger charge is 2.41. The topological polar surface area (TPSA) is 85.7 Å². The van der Waals surface area contributed by atoms with Gasteiger partial charge in [0.25, 0.3) is 0 Å². The Hall–Kier alpha value is -1.25. The predicted molar refractivity (Wildman–Crippen MR) is 122 cm³/mol. The molecule has 0 saturated heterocycles. The van der Waals surface area contributed by atoms with Crippen LogP contribution in [0.2, 0.25) is 0 Å². The van der Waals surface area contributed by atoms with Gasteiger partial charge in [0.05, 0.1) is 17.9 Å². The number of pyridine rings is 1. The van der Waals surface area contributed by atoms with Gasteiger partial charge in [0.2, 0.25) is 0 Å². The Morgan fingerprint density at radius 1 is 1.13 bits per heavy atom. The summed E-state index contributed by atoms with van der Waals surface area (Å²) in [6, 6.07) is 5.74. The first-order valence-electron chi connectivity index (χ1n) is 10.3. The van der Waals surface area contributed by atoms with Crippen LogP contribution in [0.1, 0.15) is 47.5 Å². The van der Waals surface area contributed by atoms with E-state index in [-0.39, 0.29) is 37.0 Å². The molecule has 0 spiro atoms. The molecule has 1 aromatic rings. The summed E-state index contributed by atoms with van der Waals surface area (Å²) in [5.74, 6) is -0.0986. The van der Waals surface area contributed by atoms with E-state index in [1.807, 2.05) is 52.8 Å². The van der Waals surface area contributed by atoms with Gasteiger partial charge in [0.1, 0.15) is 18.2 Å². The highest BCUT2D eigenvalue weighted by atomic mass is 33.1. The zero-order valence-electron chi connectivity index (χ0n) is 18.6. The van der Waals surface area contributed by atoms with E-state index in [4.69, 9.17) is 14.6 Å². The van der Waals surface area contributed by atoms with Gasteiger partial charge in [-0.15, -0.1) is 0 Å². The van der Waals surface area contributed by atoms with E-state index in [0.717, 1.165) is 5.03 Å². The van der Waals surface area contributed by atoms with E-state index < -0.39 is 11.3 Å². The van der Waals surface area contributed by atoms with Crippen LogP contribution in [0.25, 0.3) is 0 Å². The van der Waals surface area contributed by atoms with E-state index in [9.17, 15) is 9.59 Å². The molecule has 2 unspecified atom stereocenters. The van der Waals surface area contributed by atoms with Gasteiger partial charge >= 0.3 is 11.9 Å².